The molecule has 1 aliphatic heterocycles. The van der Waals surface area contributed by atoms with E-state index in [0.717, 1.165) is 55.4 Å². The van der Waals surface area contributed by atoms with Crippen LogP contribution in [0.2, 0.25) is 0 Å². The van der Waals surface area contributed by atoms with Crippen molar-refractivity contribution in [3.8, 4) is 0 Å². The van der Waals surface area contributed by atoms with E-state index in [4.69, 9.17) is 4.98 Å². The van der Waals surface area contributed by atoms with Crippen molar-refractivity contribution in [1.29, 1.82) is 0 Å². The molecule has 0 spiro atoms. The first kappa shape index (κ1) is 16.4. The van der Waals surface area contributed by atoms with Gasteiger partial charge in [0.15, 0.2) is 0 Å². The molecule has 0 saturated carbocycles. The molecule has 130 valence electrons. The number of fused-ring (bicyclic) bond motifs is 1. The van der Waals surface area contributed by atoms with E-state index in [1.807, 2.05) is 25.4 Å². The van der Waals surface area contributed by atoms with Crippen molar-refractivity contribution in [1.82, 2.24) is 20.3 Å². The smallest absolute Gasteiger partial charge is 0.141 e. The molecule has 0 radical (unpaired) electrons. The lowest BCUT2D eigenvalue weighted by Crippen LogP contribution is -2.43. The molecule has 4 heterocycles. The highest BCUT2D eigenvalue weighted by molar-refractivity contribution is 7.16. The fourth-order valence-corrected chi connectivity index (χ4v) is 4.25. The monoisotopic (exact) mass is 353 g/mol. The number of anilines is 1. The number of rotatable bonds is 5. The van der Waals surface area contributed by atoms with Crippen molar-refractivity contribution in [2.45, 2.75) is 32.2 Å². The Balaban J connectivity index is 1.33. The van der Waals surface area contributed by atoms with E-state index < -0.39 is 0 Å². The second-order valence-electron chi connectivity index (χ2n) is 6.56. The molecule has 0 atom stereocenters. The average Bonchev–Trinajstić information content (AvgIpc) is 3.11. The number of pyridine rings is 1. The van der Waals surface area contributed by atoms with E-state index in [1.54, 1.807) is 11.3 Å². The highest BCUT2D eigenvalue weighted by atomic mass is 32.1. The minimum Gasteiger partial charge on any atom is -0.356 e. The van der Waals surface area contributed by atoms with Crippen molar-refractivity contribution in [3.05, 3.63) is 47.4 Å². The van der Waals surface area contributed by atoms with Gasteiger partial charge in [0.25, 0.3) is 0 Å². The largest absolute Gasteiger partial charge is 0.356 e. The van der Waals surface area contributed by atoms with Crippen LogP contribution in [0.5, 0.6) is 0 Å². The molecule has 0 bridgehead atoms. The zero-order valence-electron chi connectivity index (χ0n) is 14.5. The molecule has 4 rings (SSSR count). The molecular formula is C19H23N5S. The molecule has 0 unspecified atom stereocenters. The lowest BCUT2D eigenvalue weighted by atomic mass is 10.0. The summed E-state index contributed by atoms with van der Waals surface area (Å²) in [5.41, 5.74) is 1.30. The Bertz CT molecular complexity index is 824. The minimum atomic E-state index is 0.592. The van der Waals surface area contributed by atoms with Gasteiger partial charge in [0, 0.05) is 31.5 Å². The van der Waals surface area contributed by atoms with Gasteiger partial charge >= 0.3 is 0 Å². The van der Waals surface area contributed by atoms with Crippen LogP contribution < -0.4 is 10.2 Å². The number of aryl methyl sites for hydroxylation is 1. The Kier molecular flexibility index (Phi) is 4.90. The van der Waals surface area contributed by atoms with Gasteiger partial charge in [-0.3, -0.25) is 4.98 Å². The first-order valence-corrected chi connectivity index (χ1v) is 9.76. The molecule has 1 saturated heterocycles. The van der Waals surface area contributed by atoms with Gasteiger partial charge < -0.3 is 10.2 Å². The Morgan fingerprint density at radius 2 is 2.12 bits per heavy atom. The van der Waals surface area contributed by atoms with Crippen LogP contribution in [0.1, 0.15) is 24.2 Å². The Hall–Kier alpha value is -2.05. The summed E-state index contributed by atoms with van der Waals surface area (Å²) >= 11 is 1.69. The first-order valence-electron chi connectivity index (χ1n) is 8.89. The number of aromatic nitrogens is 3. The van der Waals surface area contributed by atoms with Crippen molar-refractivity contribution >= 4 is 27.4 Å². The fraction of sp³-hybridized carbons (Fsp3) is 0.421. The van der Waals surface area contributed by atoms with E-state index in [1.165, 1.54) is 10.9 Å². The predicted molar refractivity (Wildman–Crippen MR) is 103 cm³/mol. The van der Waals surface area contributed by atoms with Gasteiger partial charge in [-0.1, -0.05) is 6.07 Å². The maximum absolute atomic E-state index is 4.72. The van der Waals surface area contributed by atoms with E-state index in [-0.39, 0.29) is 0 Å². The molecule has 0 amide bonds. The van der Waals surface area contributed by atoms with Crippen LogP contribution in [0.4, 0.5) is 5.82 Å². The summed E-state index contributed by atoms with van der Waals surface area (Å²) < 4.78 is 0. The van der Waals surface area contributed by atoms with Crippen LogP contribution in [0, 0.1) is 6.92 Å². The molecule has 1 aliphatic rings. The van der Waals surface area contributed by atoms with E-state index >= 15 is 0 Å². The van der Waals surface area contributed by atoms with Crippen molar-refractivity contribution in [2.75, 3.05) is 24.5 Å². The minimum absolute atomic E-state index is 0.592. The predicted octanol–water partition coefficient (Wildman–Crippen LogP) is 3.20. The lowest BCUT2D eigenvalue weighted by molar-refractivity contribution is 0.416. The summed E-state index contributed by atoms with van der Waals surface area (Å²) in [6.07, 6.45) is 7.12. The zero-order valence-corrected chi connectivity index (χ0v) is 15.3. The average molecular weight is 353 g/mol. The molecule has 3 aromatic heterocycles. The molecular weight excluding hydrogens is 330 g/mol. The topological polar surface area (TPSA) is 53.9 Å². The number of thiophene rings is 1. The normalized spacial score (nSPS) is 15.8. The summed E-state index contributed by atoms with van der Waals surface area (Å²) in [6, 6.07) is 6.88. The van der Waals surface area contributed by atoms with Gasteiger partial charge in [-0.25, -0.2) is 9.97 Å². The Labute approximate surface area is 152 Å². The number of hydrogen-bond acceptors (Lipinski definition) is 6. The highest BCUT2D eigenvalue weighted by Crippen LogP contribution is 2.29. The van der Waals surface area contributed by atoms with Crippen LogP contribution in [-0.4, -0.2) is 40.6 Å². The van der Waals surface area contributed by atoms with Crippen molar-refractivity contribution in [2.24, 2.45) is 0 Å². The highest BCUT2D eigenvalue weighted by Gasteiger charge is 2.22. The van der Waals surface area contributed by atoms with Crippen LogP contribution in [-0.2, 0) is 6.42 Å². The number of nitrogens with one attached hydrogen (secondary N) is 1. The third kappa shape index (κ3) is 3.80. The molecule has 5 nitrogen and oxygen atoms in total. The van der Waals surface area contributed by atoms with Crippen LogP contribution in [0.15, 0.2) is 36.0 Å². The van der Waals surface area contributed by atoms with Crippen LogP contribution >= 0.6 is 11.3 Å². The third-order valence-corrected chi connectivity index (χ3v) is 5.59. The molecule has 6 heteroatoms. The van der Waals surface area contributed by atoms with Gasteiger partial charge in [0.2, 0.25) is 0 Å². The number of piperidine rings is 1. The van der Waals surface area contributed by atoms with Crippen molar-refractivity contribution < 1.29 is 0 Å². The van der Waals surface area contributed by atoms with Crippen LogP contribution in [0.3, 0.4) is 0 Å². The Morgan fingerprint density at radius 3 is 2.92 bits per heavy atom. The summed E-state index contributed by atoms with van der Waals surface area (Å²) in [5.74, 6) is 1.97. The second-order valence-corrected chi connectivity index (χ2v) is 7.46. The molecule has 1 fully saturated rings. The van der Waals surface area contributed by atoms with Gasteiger partial charge in [-0.15, -0.1) is 11.3 Å². The van der Waals surface area contributed by atoms with E-state index in [9.17, 15) is 0 Å². The van der Waals surface area contributed by atoms with E-state index in [0.29, 0.717) is 6.04 Å². The van der Waals surface area contributed by atoms with Crippen molar-refractivity contribution in [3.63, 3.8) is 0 Å². The standard InChI is InChI=1S/C19H23N5S/c1-14-22-18(17-7-12-25-19(17)23-14)24-10-5-16(6-11-24)21-9-4-15-3-2-8-20-13-15/h2-3,7-8,12-13,16,21H,4-6,9-11H2,1H3. The zero-order chi connectivity index (χ0) is 17.1. The molecule has 3 aromatic rings. The first-order chi connectivity index (χ1) is 12.3. The van der Waals surface area contributed by atoms with Crippen LogP contribution in [0.25, 0.3) is 10.2 Å². The third-order valence-electron chi connectivity index (χ3n) is 4.78. The maximum atomic E-state index is 4.72. The number of hydrogen-bond donors (Lipinski definition) is 1. The van der Waals surface area contributed by atoms with E-state index in [2.05, 4.69) is 37.7 Å². The van der Waals surface area contributed by atoms with Gasteiger partial charge in [0.1, 0.15) is 16.5 Å². The maximum Gasteiger partial charge on any atom is 0.141 e. The fourth-order valence-electron chi connectivity index (χ4n) is 3.45. The SMILES string of the molecule is Cc1nc(N2CCC(NCCc3cccnc3)CC2)c2ccsc2n1. The number of nitrogens with zero attached hydrogens (tertiary/aromatic N) is 4. The molecule has 0 aliphatic carbocycles. The summed E-state index contributed by atoms with van der Waals surface area (Å²) in [7, 11) is 0. The Morgan fingerprint density at radius 1 is 1.24 bits per heavy atom. The molecule has 25 heavy (non-hydrogen) atoms. The summed E-state index contributed by atoms with van der Waals surface area (Å²) in [6.45, 7) is 5.09. The van der Waals surface area contributed by atoms with Gasteiger partial charge in [0.05, 0.1) is 5.39 Å². The van der Waals surface area contributed by atoms with Gasteiger partial charge in [-0.05, 0) is 55.8 Å². The summed E-state index contributed by atoms with van der Waals surface area (Å²) in [4.78, 5) is 16.9. The molecule has 0 aromatic carbocycles. The van der Waals surface area contributed by atoms with Gasteiger partial charge in [-0.2, -0.15) is 0 Å². The quantitative estimate of drug-likeness (QED) is 0.763. The summed E-state index contributed by atoms with van der Waals surface area (Å²) in [5, 5.41) is 7.00. The second kappa shape index (κ2) is 7.45. The lowest BCUT2D eigenvalue weighted by Gasteiger charge is -2.33. The molecule has 1 N–H and O–H groups in total.